The first-order valence-electron chi connectivity index (χ1n) is 10.5. The molecule has 0 aliphatic carbocycles. The topological polar surface area (TPSA) is 76.5 Å². The molecule has 1 atom stereocenters. The molecular formula is C26H21N5OS. The molecule has 6 nitrogen and oxygen atoms in total. The number of para-hydroxylation sites is 2. The van der Waals surface area contributed by atoms with Gasteiger partial charge < -0.3 is 5.73 Å². The molecule has 33 heavy (non-hydrogen) atoms. The van der Waals surface area contributed by atoms with Gasteiger partial charge in [0.05, 0.1) is 17.2 Å². The Kier molecular flexibility index (Phi) is 5.32. The lowest BCUT2D eigenvalue weighted by molar-refractivity contribution is -0.111. The van der Waals surface area contributed by atoms with Crippen molar-refractivity contribution < 1.29 is 4.79 Å². The molecule has 0 bridgehead atoms. The van der Waals surface area contributed by atoms with E-state index >= 15 is 0 Å². The first-order valence-corrected chi connectivity index (χ1v) is 10.9. The molecule has 2 N–H and O–H groups in total. The van der Waals surface area contributed by atoms with E-state index in [4.69, 9.17) is 28.0 Å². The van der Waals surface area contributed by atoms with Crippen molar-refractivity contribution in [2.24, 2.45) is 5.10 Å². The van der Waals surface area contributed by atoms with Gasteiger partial charge in [-0.2, -0.15) is 10.1 Å². The summed E-state index contributed by atoms with van der Waals surface area (Å²) in [5.74, 6) is 0.342. The number of Topliss-reactive ketones (excluding diaryl/α,β-unsaturated/α-hetero) is 1. The lowest BCUT2D eigenvalue weighted by atomic mass is 9.84. The minimum atomic E-state index is -0.475. The Hall–Kier alpha value is -4.10. The van der Waals surface area contributed by atoms with Gasteiger partial charge in [-0.1, -0.05) is 66.7 Å². The quantitative estimate of drug-likeness (QED) is 0.420. The second-order valence-corrected chi connectivity index (χ2v) is 8.09. The fourth-order valence-electron chi connectivity index (χ4n) is 4.15. The number of hydrazone groups is 1. The van der Waals surface area contributed by atoms with Crippen LogP contribution in [0.1, 0.15) is 24.0 Å². The fraction of sp³-hybridized carbons (Fsp3) is 0.0769. The van der Waals surface area contributed by atoms with Gasteiger partial charge in [0.1, 0.15) is 11.5 Å². The number of carbonyl (C=O) groups excluding carboxylic acids is 1. The third-order valence-corrected chi connectivity index (χ3v) is 5.90. The molecule has 1 aliphatic rings. The first kappa shape index (κ1) is 20.8. The van der Waals surface area contributed by atoms with E-state index in [1.165, 1.54) is 6.92 Å². The van der Waals surface area contributed by atoms with Gasteiger partial charge in [0.25, 0.3) is 0 Å². The fourth-order valence-corrected chi connectivity index (χ4v) is 4.44. The number of aromatic nitrogens is 2. The average molecular weight is 452 g/mol. The lowest BCUT2D eigenvalue weighted by Crippen LogP contribution is -2.33. The summed E-state index contributed by atoms with van der Waals surface area (Å²) in [4.78, 5) is 17.6. The molecule has 0 fully saturated rings. The summed E-state index contributed by atoms with van der Waals surface area (Å²) in [7, 11) is 0. The van der Waals surface area contributed by atoms with Crippen molar-refractivity contribution in [2.45, 2.75) is 12.8 Å². The number of carbonyl (C=O) groups is 1. The molecule has 0 amide bonds. The Morgan fingerprint density at radius 2 is 1.42 bits per heavy atom. The van der Waals surface area contributed by atoms with Crippen molar-refractivity contribution in [3.05, 3.63) is 107 Å². The Morgan fingerprint density at radius 1 is 0.879 bits per heavy atom. The van der Waals surface area contributed by atoms with E-state index in [9.17, 15) is 4.79 Å². The SMILES string of the molecule is CC(=O)C1=NN(c2ccccc2)c2nc(=S)n(-c3ccccc3)c(N)c2C1c1ccccc1. The third-order valence-electron chi connectivity index (χ3n) is 5.63. The molecule has 1 aromatic heterocycles. The van der Waals surface area contributed by atoms with Crippen molar-refractivity contribution in [3.8, 4) is 5.69 Å². The molecule has 2 heterocycles. The van der Waals surface area contributed by atoms with Gasteiger partial charge in [0, 0.05) is 12.6 Å². The molecule has 0 spiro atoms. The van der Waals surface area contributed by atoms with Crippen LogP contribution in [0.2, 0.25) is 0 Å². The lowest BCUT2D eigenvalue weighted by Gasteiger charge is -2.33. The number of fused-ring (bicyclic) bond motifs is 1. The Balaban J connectivity index is 1.86. The molecule has 0 saturated carbocycles. The van der Waals surface area contributed by atoms with Crippen LogP contribution in [0, 0.1) is 4.77 Å². The maximum atomic E-state index is 12.9. The van der Waals surface area contributed by atoms with E-state index in [2.05, 4.69) is 0 Å². The van der Waals surface area contributed by atoms with Crippen LogP contribution >= 0.6 is 12.2 Å². The predicted octanol–water partition coefficient (Wildman–Crippen LogP) is 5.41. The summed E-state index contributed by atoms with van der Waals surface area (Å²) >= 11 is 5.68. The van der Waals surface area contributed by atoms with Crippen molar-refractivity contribution in [3.63, 3.8) is 0 Å². The van der Waals surface area contributed by atoms with Crippen LogP contribution in [0.4, 0.5) is 17.3 Å². The number of rotatable bonds is 4. The van der Waals surface area contributed by atoms with Crippen LogP contribution < -0.4 is 10.7 Å². The molecule has 0 saturated heterocycles. The number of nitrogens with zero attached hydrogens (tertiary/aromatic N) is 4. The number of nitrogen functional groups attached to an aromatic ring is 1. The van der Waals surface area contributed by atoms with Crippen LogP contribution in [-0.4, -0.2) is 21.0 Å². The minimum absolute atomic E-state index is 0.136. The largest absolute Gasteiger partial charge is 0.384 e. The van der Waals surface area contributed by atoms with E-state index in [1.54, 1.807) is 9.58 Å². The zero-order valence-corrected chi connectivity index (χ0v) is 18.7. The maximum absolute atomic E-state index is 12.9. The highest BCUT2D eigenvalue weighted by Crippen LogP contribution is 2.43. The summed E-state index contributed by atoms with van der Waals surface area (Å²) in [6.45, 7) is 1.53. The van der Waals surface area contributed by atoms with Crippen LogP contribution in [0.5, 0.6) is 0 Å². The number of anilines is 3. The van der Waals surface area contributed by atoms with Gasteiger partial charge >= 0.3 is 0 Å². The molecule has 3 aromatic carbocycles. The number of nitrogens with two attached hydrogens (primary N) is 1. The predicted molar refractivity (Wildman–Crippen MR) is 134 cm³/mol. The first-order chi connectivity index (χ1) is 16.1. The smallest absolute Gasteiger partial charge is 0.207 e. The zero-order valence-electron chi connectivity index (χ0n) is 17.9. The molecule has 0 radical (unpaired) electrons. The van der Waals surface area contributed by atoms with Gasteiger partial charge in [-0.3, -0.25) is 9.36 Å². The monoisotopic (exact) mass is 451 g/mol. The number of ketones is 1. The van der Waals surface area contributed by atoms with Crippen LogP contribution in [-0.2, 0) is 4.79 Å². The molecule has 4 aromatic rings. The normalized spacial score (nSPS) is 15.0. The van der Waals surface area contributed by atoms with Crippen molar-refractivity contribution >= 4 is 41.0 Å². The minimum Gasteiger partial charge on any atom is -0.384 e. The summed E-state index contributed by atoms with van der Waals surface area (Å²) in [5.41, 5.74) is 10.4. The van der Waals surface area contributed by atoms with Crippen molar-refractivity contribution in [1.29, 1.82) is 0 Å². The molecule has 1 unspecified atom stereocenters. The highest BCUT2D eigenvalue weighted by molar-refractivity contribution is 7.71. The standard InChI is InChI=1S/C26H21N5OS/c1-17(32)23-21(18-11-5-2-6-12-18)22-24(27)30(19-13-7-3-8-14-19)26(33)28-25(22)31(29-23)20-15-9-4-10-16-20/h2-16,21H,27H2,1H3. The van der Waals surface area contributed by atoms with Gasteiger partial charge in [-0.05, 0) is 42.0 Å². The van der Waals surface area contributed by atoms with Gasteiger partial charge in [0.2, 0.25) is 4.77 Å². The third kappa shape index (κ3) is 3.62. The summed E-state index contributed by atoms with van der Waals surface area (Å²) in [5, 5.41) is 6.42. The summed E-state index contributed by atoms with van der Waals surface area (Å²) in [6.07, 6.45) is 0. The molecule has 1 aliphatic heterocycles. The Bertz CT molecular complexity index is 1420. The van der Waals surface area contributed by atoms with E-state index < -0.39 is 5.92 Å². The van der Waals surface area contributed by atoms with Gasteiger partial charge in [0.15, 0.2) is 11.6 Å². The molecule has 162 valence electrons. The van der Waals surface area contributed by atoms with Crippen molar-refractivity contribution in [1.82, 2.24) is 9.55 Å². The number of hydrogen-bond donors (Lipinski definition) is 1. The van der Waals surface area contributed by atoms with Crippen LogP contribution in [0.15, 0.2) is 96.1 Å². The van der Waals surface area contributed by atoms with E-state index in [-0.39, 0.29) is 5.78 Å². The van der Waals surface area contributed by atoms with Crippen LogP contribution in [0.25, 0.3) is 5.69 Å². The highest BCUT2D eigenvalue weighted by atomic mass is 32.1. The summed E-state index contributed by atoms with van der Waals surface area (Å²) < 4.78 is 2.06. The van der Waals surface area contributed by atoms with E-state index in [1.807, 2.05) is 91.0 Å². The molecular weight excluding hydrogens is 430 g/mol. The number of hydrogen-bond acceptors (Lipinski definition) is 6. The summed E-state index contributed by atoms with van der Waals surface area (Å²) in [6, 6.07) is 28.9. The number of benzene rings is 3. The van der Waals surface area contributed by atoms with Gasteiger partial charge in [-0.25, -0.2) is 5.01 Å². The maximum Gasteiger partial charge on any atom is 0.207 e. The van der Waals surface area contributed by atoms with Crippen LogP contribution in [0.3, 0.4) is 0 Å². The van der Waals surface area contributed by atoms with E-state index in [0.29, 0.717) is 27.7 Å². The Labute approximate surface area is 196 Å². The second kappa shape index (κ2) is 8.44. The highest BCUT2D eigenvalue weighted by Gasteiger charge is 2.37. The van der Waals surface area contributed by atoms with Gasteiger partial charge in [-0.15, -0.1) is 0 Å². The zero-order chi connectivity index (χ0) is 22.9. The second-order valence-electron chi connectivity index (χ2n) is 7.72. The Morgan fingerprint density at radius 3 is 2.00 bits per heavy atom. The molecule has 5 rings (SSSR count). The average Bonchev–Trinajstić information content (AvgIpc) is 2.85. The van der Waals surface area contributed by atoms with E-state index in [0.717, 1.165) is 16.9 Å². The van der Waals surface area contributed by atoms with Crippen molar-refractivity contribution in [2.75, 3.05) is 10.7 Å². The molecule has 7 heteroatoms.